The average Bonchev–Trinajstić information content (AvgIpc) is 2.63. The fourth-order valence-electron chi connectivity index (χ4n) is 1.40. The number of aryl methyl sites for hydroxylation is 1. The van der Waals surface area contributed by atoms with E-state index in [9.17, 15) is 4.79 Å². The standard InChI is InChI=1S/C11H12N4OS/c1-7-3-2-4-8(5-7)13-9(16)6-10-14-15-11(12)17-10/h2-5H,6H2,1H3,(H2,12,15)(H,13,16). The molecule has 1 aromatic heterocycles. The van der Waals surface area contributed by atoms with E-state index in [2.05, 4.69) is 15.5 Å². The lowest BCUT2D eigenvalue weighted by Gasteiger charge is -2.04. The molecule has 88 valence electrons. The number of aromatic nitrogens is 2. The Balaban J connectivity index is 1.98. The predicted octanol–water partition coefficient (Wildman–Crippen LogP) is 1.61. The summed E-state index contributed by atoms with van der Waals surface area (Å²) in [6.07, 6.45) is 0.197. The fourth-order valence-corrected chi connectivity index (χ4v) is 2.01. The third kappa shape index (κ3) is 3.25. The zero-order chi connectivity index (χ0) is 12.3. The van der Waals surface area contributed by atoms with Crippen LogP contribution < -0.4 is 11.1 Å². The minimum atomic E-state index is -0.119. The number of hydrogen-bond donors (Lipinski definition) is 2. The molecule has 5 nitrogen and oxygen atoms in total. The van der Waals surface area contributed by atoms with Crippen LogP contribution in [0.2, 0.25) is 0 Å². The Kier molecular flexibility index (Phi) is 3.34. The molecule has 17 heavy (non-hydrogen) atoms. The van der Waals surface area contributed by atoms with Crippen LogP contribution in [0.3, 0.4) is 0 Å². The lowest BCUT2D eigenvalue weighted by atomic mass is 10.2. The van der Waals surface area contributed by atoms with Gasteiger partial charge in [0.15, 0.2) is 0 Å². The molecule has 0 saturated heterocycles. The molecular weight excluding hydrogens is 236 g/mol. The van der Waals surface area contributed by atoms with Gasteiger partial charge in [0.25, 0.3) is 0 Å². The molecule has 0 saturated carbocycles. The van der Waals surface area contributed by atoms with E-state index < -0.39 is 0 Å². The van der Waals surface area contributed by atoms with Crippen molar-refractivity contribution in [2.24, 2.45) is 0 Å². The zero-order valence-electron chi connectivity index (χ0n) is 9.30. The third-order valence-corrected chi connectivity index (χ3v) is 2.85. The Hall–Kier alpha value is -1.95. The number of anilines is 2. The van der Waals surface area contributed by atoms with E-state index >= 15 is 0 Å². The van der Waals surface area contributed by atoms with Gasteiger partial charge in [-0.1, -0.05) is 23.5 Å². The number of nitrogens with zero attached hydrogens (tertiary/aromatic N) is 2. The van der Waals surface area contributed by atoms with Crippen molar-refractivity contribution in [3.8, 4) is 0 Å². The molecule has 0 bridgehead atoms. The molecule has 2 rings (SSSR count). The zero-order valence-corrected chi connectivity index (χ0v) is 10.1. The summed E-state index contributed by atoms with van der Waals surface area (Å²) in [6, 6.07) is 7.63. The number of benzene rings is 1. The molecule has 1 aromatic carbocycles. The van der Waals surface area contributed by atoms with Crippen LogP contribution in [0, 0.1) is 6.92 Å². The van der Waals surface area contributed by atoms with Crippen molar-refractivity contribution in [1.82, 2.24) is 10.2 Å². The molecule has 0 spiro atoms. The molecule has 0 radical (unpaired) electrons. The van der Waals surface area contributed by atoms with Crippen LogP contribution in [-0.2, 0) is 11.2 Å². The van der Waals surface area contributed by atoms with E-state index in [0.717, 1.165) is 11.3 Å². The second-order valence-corrected chi connectivity index (χ2v) is 4.72. The van der Waals surface area contributed by atoms with Gasteiger partial charge >= 0.3 is 0 Å². The van der Waals surface area contributed by atoms with Crippen molar-refractivity contribution >= 4 is 28.1 Å². The fraction of sp³-hybridized carbons (Fsp3) is 0.182. The lowest BCUT2D eigenvalue weighted by molar-refractivity contribution is -0.115. The Morgan fingerprint density at radius 3 is 2.94 bits per heavy atom. The van der Waals surface area contributed by atoms with Crippen LogP contribution in [-0.4, -0.2) is 16.1 Å². The third-order valence-electron chi connectivity index (χ3n) is 2.10. The van der Waals surface area contributed by atoms with Gasteiger partial charge in [-0.25, -0.2) is 0 Å². The van der Waals surface area contributed by atoms with Gasteiger partial charge in [0.2, 0.25) is 11.0 Å². The molecule has 2 aromatic rings. The van der Waals surface area contributed by atoms with E-state index in [0.29, 0.717) is 10.1 Å². The number of nitrogens with one attached hydrogen (secondary N) is 1. The first-order chi connectivity index (χ1) is 8.13. The highest BCUT2D eigenvalue weighted by molar-refractivity contribution is 7.15. The Morgan fingerprint density at radius 2 is 2.29 bits per heavy atom. The Labute approximate surface area is 103 Å². The molecule has 0 aliphatic carbocycles. The lowest BCUT2D eigenvalue weighted by Crippen LogP contribution is -2.14. The predicted molar refractivity (Wildman–Crippen MR) is 67.8 cm³/mol. The van der Waals surface area contributed by atoms with Crippen molar-refractivity contribution in [3.63, 3.8) is 0 Å². The average molecular weight is 248 g/mol. The number of carbonyl (C=O) groups excluding carboxylic acids is 1. The van der Waals surface area contributed by atoms with Gasteiger partial charge in [-0.05, 0) is 24.6 Å². The number of hydrogen-bond acceptors (Lipinski definition) is 5. The summed E-state index contributed by atoms with van der Waals surface area (Å²) in [4.78, 5) is 11.7. The summed E-state index contributed by atoms with van der Waals surface area (Å²) < 4.78 is 0. The van der Waals surface area contributed by atoms with Crippen LogP contribution in [0.4, 0.5) is 10.8 Å². The van der Waals surface area contributed by atoms with Crippen LogP contribution >= 0.6 is 11.3 Å². The minimum absolute atomic E-state index is 0.119. The monoisotopic (exact) mass is 248 g/mol. The maximum Gasteiger partial charge on any atom is 0.231 e. The summed E-state index contributed by atoms with van der Waals surface area (Å²) in [7, 11) is 0. The minimum Gasteiger partial charge on any atom is -0.374 e. The van der Waals surface area contributed by atoms with Crippen LogP contribution in [0.5, 0.6) is 0 Å². The molecule has 0 aliphatic rings. The van der Waals surface area contributed by atoms with E-state index in [1.165, 1.54) is 11.3 Å². The number of rotatable bonds is 3. The first-order valence-corrected chi connectivity index (χ1v) is 5.89. The van der Waals surface area contributed by atoms with Crippen molar-refractivity contribution in [2.45, 2.75) is 13.3 Å². The summed E-state index contributed by atoms with van der Waals surface area (Å²) in [6.45, 7) is 1.97. The first-order valence-electron chi connectivity index (χ1n) is 5.08. The number of carbonyl (C=O) groups is 1. The van der Waals surface area contributed by atoms with Crippen molar-refractivity contribution in [2.75, 3.05) is 11.1 Å². The van der Waals surface area contributed by atoms with Gasteiger partial charge in [0, 0.05) is 5.69 Å². The van der Waals surface area contributed by atoms with Gasteiger partial charge in [-0.2, -0.15) is 0 Å². The molecule has 0 unspecified atom stereocenters. The van der Waals surface area contributed by atoms with E-state index in [1.54, 1.807) is 0 Å². The summed E-state index contributed by atoms with van der Waals surface area (Å²) in [5, 5.41) is 11.3. The van der Waals surface area contributed by atoms with Gasteiger partial charge in [-0.3, -0.25) is 4.79 Å². The normalized spacial score (nSPS) is 10.2. The maximum absolute atomic E-state index is 11.7. The maximum atomic E-state index is 11.7. The quantitative estimate of drug-likeness (QED) is 0.864. The van der Waals surface area contributed by atoms with Crippen molar-refractivity contribution in [1.29, 1.82) is 0 Å². The molecule has 0 fully saturated rings. The van der Waals surface area contributed by atoms with E-state index in [1.807, 2.05) is 31.2 Å². The van der Waals surface area contributed by atoms with Crippen molar-refractivity contribution in [3.05, 3.63) is 34.8 Å². The molecule has 0 atom stereocenters. The Morgan fingerprint density at radius 1 is 1.47 bits per heavy atom. The second kappa shape index (κ2) is 4.92. The van der Waals surface area contributed by atoms with Gasteiger partial charge < -0.3 is 11.1 Å². The number of amides is 1. The second-order valence-electron chi connectivity index (χ2n) is 3.63. The smallest absolute Gasteiger partial charge is 0.231 e. The topological polar surface area (TPSA) is 80.9 Å². The van der Waals surface area contributed by atoms with Crippen LogP contribution in [0.15, 0.2) is 24.3 Å². The van der Waals surface area contributed by atoms with Gasteiger partial charge in [0.05, 0.1) is 6.42 Å². The van der Waals surface area contributed by atoms with E-state index in [-0.39, 0.29) is 12.3 Å². The molecule has 1 amide bonds. The highest BCUT2D eigenvalue weighted by Crippen LogP contribution is 2.13. The molecule has 6 heteroatoms. The van der Waals surface area contributed by atoms with Crippen LogP contribution in [0.25, 0.3) is 0 Å². The van der Waals surface area contributed by atoms with Gasteiger partial charge in [-0.15, -0.1) is 10.2 Å². The van der Waals surface area contributed by atoms with Crippen molar-refractivity contribution < 1.29 is 4.79 Å². The summed E-state index contributed by atoms with van der Waals surface area (Å²) in [5.41, 5.74) is 7.32. The first kappa shape index (κ1) is 11.5. The van der Waals surface area contributed by atoms with E-state index in [4.69, 9.17) is 5.73 Å². The molecule has 3 N–H and O–H groups in total. The number of nitrogens with two attached hydrogens (primary N) is 1. The SMILES string of the molecule is Cc1cccc(NC(=O)Cc2nnc(N)s2)c1. The van der Waals surface area contributed by atoms with Gasteiger partial charge in [0.1, 0.15) is 5.01 Å². The largest absolute Gasteiger partial charge is 0.374 e. The van der Waals surface area contributed by atoms with Crippen LogP contribution in [0.1, 0.15) is 10.6 Å². The summed E-state index contributed by atoms with van der Waals surface area (Å²) in [5.74, 6) is -0.119. The Bertz CT molecular complexity index is 538. The molecule has 0 aliphatic heterocycles. The highest BCUT2D eigenvalue weighted by Gasteiger charge is 2.08. The molecule has 1 heterocycles. The molecular formula is C11H12N4OS. The summed E-state index contributed by atoms with van der Waals surface area (Å²) >= 11 is 1.22. The highest BCUT2D eigenvalue weighted by atomic mass is 32.1. The number of nitrogen functional groups attached to an aromatic ring is 1.